The number of carbonyl (C=O) groups is 1. The van der Waals surface area contributed by atoms with E-state index in [1.807, 2.05) is 0 Å². The molecule has 1 saturated carbocycles. The van der Waals surface area contributed by atoms with Crippen LogP contribution in [0.2, 0.25) is 0 Å². The second-order valence-corrected chi connectivity index (χ2v) is 7.87. The van der Waals surface area contributed by atoms with Gasteiger partial charge in [0.05, 0.1) is 5.41 Å². The number of rotatable bonds is 4. The minimum absolute atomic E-state index is 0.106. The molecule has 1 amide bonds. The van der Waals surface area contributed by atoms with Gasteiger partial charge in [-0.2, -0.15) is 0 Å². The third-order valence-electron chi connectivity index (χ3n) is 6.47. The van der Waals surface area contributed by atoms with Gasteiger partial charge in [-0.1, -0.05) is 19.3 Å². The Morgan fingerprint density at radius 2 is 2.14 bits per heavy atom. The van der Waals surface area contributed by atoms with Crippen LogP contribution in [0.4, 0.5) is 0 Å². The van der Waals surface area contributed by atoms with E-state index in [-0.39, 0.29) is 5.41 Å². The van der Waals surface area contributed by atoms with Gasteiger partial charge in [0.2, 0.25) is 5.91 Å². The summed E-state index contributed by atoms with van der Waals surface area (Å²) in [6.07, 6.45) is 8.76. The molecule has 2 aliphatic heterocycles. The molecule has 0 aromatic carbocycles. The fourth-order valence-corrected chi connectivity index (χ4v) is 5.00. The van der Waals surface area contributed by atoms with Crippen molar-refractivity contribution in [2.24, 2.45) is 11.3 Å². The van der Waals surface area contributed by atoms with Gasteiger partial charge in [-0.3, -0.25) is 9.69 Å². The van der Waals surface area contributed by atoms with Crippen LogP contribution in [-0.2, 0) is 4.79 Å². The van der Waals surface area contributed by atoms with Crippen molar-refractivity contribution < 1.29 is 4.79 Å². The third-order valence-corrected chi connectivity index (χ3v) is 6.47. The number of amides is 1. The van der Waals surface area contributed by atoms with Crippen molar-refractivity contribution >= 4 is 5.91 Å². The summed E-state index contributed by atoms with van der Waals surface area (Å²) in [4.78, 5) is 15.5. The summed E-state index contributed by atoms with van der Waals surface area (Å²) >= 11 is 0. The monoisotopic (exact) mass is 307 g/mol. The summed E-state index contributed by atoms with van der Waals surface area (Å²) < 4.78 is 0. The van der Waals surface area contributed by atoms with Crippen molar-refractivity contribution in [2.75, 3.05) is 26.2 Å². The van der Waals surface area contributed by atoms with E-state index >= 15 is 0 Å². The number of piperidine rings is 1. The van der Waals surface area contributed by atoms with E-state index in [4.69, 9.17) is 0 Å². The van der Waals surface area contributed by atoms with Crippen LogP contribution in [0.15, 0.2) is 0 Å². The smallest absolute Gasteiger partial charge is 0.227 e. The average Bonchev–Trinajstić information content (AvgIpc) is 2.98. The summed E-state index contributed by atoms with van der Waals surface area (Å²) in [5.41, 5.74) is -0.106. The number of likely N-dealkylation sites (tertiary alicyclic amines) is 1. The SMILES string of the molecule is CC1CCCCN1C(C)CNC(=O)[C@@]12CCCC[C@H]1CNC2. The Hall–Kier alpha value is -0.610. The lowest BCUT2D eigenvalue weighted by Gasteiger charge is -2.40. The Labute approximate surface area is 135 Å². The lowest BCUT2D eigenvalue weighted by Crippen LogP contribution is -2.53. The van der Waals surface area contributed by atoms with E-state index in [2.05, 4.69) is 29.4 Å². The van der Waals surface area contributed by atoms with Gasteiger partial charge in [-0.25, -0.2) is 0 Å². The van der Waals surface area contributed by atoms with Gasteiger partial charge >= 0.3 is 0 Å². The molecule has 0 radical (unpaired) electrons. The van der Waals surface area contributed by atoms with Crippen molar-refractivity contribution in [3.8, 4) is 0 Å². The van der Waals surface area contributed by atoms with Crippen LogP contribution in [0, 0.1) is 11.3 Å². The van der Waals surface area contributed by atoms with Crippen molar-refractivity contribution in [2.45, 2.75) is 70.9 Å². The van der Waals surface area contributed by atoms with Crippen LogP contribution in [0.3, 0.4) is 0 Å². The highest BCUT2D eigenvalue weighted by molar-refractivity contribution is 5.83. The molecule has 126 valence electrons. The highest BCUT2D eigenvalue weighted by atomic mass is 16.2. The van der Waals surface area contributed by atoms with E-state index < -0.39 is 0 Å². The molecule has 2 unspecified atom stereocenters. The predicted molar refractivity (Wildman–Crippen MR) is 89.8 cm³/mol. The zero-order chi connectivity index (χ0) is 15.6. The fourth-order valence-electron chi connectivity index (χ4n) is 5.00. The molecule has 4 nitrogen and oxygen atoms in total. The molecule has 3 rings (SSSR count). The van der Waals surface area contributed by atoms with E-state index in [9.17, 15) is 4.79 Å². The highest BCUT2D eigenvalue weighted by Crippen LogP contribution is 2.43. The largest absolute Gasteiger partial charge is 0.354 e. The molecule has 22 heavy (non-hydrogen) atoms. The molecule has 1 aliphatic carbocycles. The minimum atomic E-state index is -0.106. The summed E-state index contributed by atoms with van der Waals surface area (Å²) in [5.74, 6) is 0.879. The van der Waals surface area contributed by atoms with Gasteiger partial charge in [0.15, 0.2) is 0 Å². The van der Waals surface area contributed by atoms with E-state index in [0.717, 1.165) is 26.1 Å². The van der Waals surface area contributed by atoms with Crippen LogP contribution < -0.4 is 10.6 Å². The van der Waals surface area contributed by atoms with Gasteiger partial charge < -0.3 is 10.6 Å². The molecule has 0 aromatic heterocycles. The Balaban J connectivity index is 1.55. The molecular weight excluding hydrogens is 274 g/mol. The molecule has 4 heteroatoms. The van der Waals surface area contributed by atoms with Gasteiger partial charge in [0, 0.05) is 25.2 Å². The molecular formula is C18H33N3O. The lowest BCUT2D eigenvalue weighted by atomic mass is 9.67. The van der Waals surface area contributed by atoms with Crippen LogP contribution >= 0.6 is 0 Å². The second kappa shape index (κ2) is 6.88. The summed E-state index contributed by atoms with van der Waals surface area (Å²) in [5, 5.41) is 6.78. The number of fused-ring (bicyclic) bond motifs is 1. The molecule has 4 atom stereocenters. The second-order valence-electron chi connectivity index (χ2n) is 7.87. The number of carbonyl (C=O) groups excluding carboxylic acids is 1. The molecule has 0 aromatic rings. The molecule has 2 saturated heterocycles. The first-order valence-corrected chi connectivity index (χ1v) is 9.38. The number of hydrogen-bond acceptors (Lipinski definition) is 3. The fraction of sp³-hybridized carbons (Fsp3) is 0.944. The summed E-state index contributed by atoms with van der Waals surface area (Å²) in [7, 11) is 0. The number of hydrogen-bond donors (Lipinski definition) is 2. The lowest BCUT2D eigenvalue weighted by molar-refractivity contribution is -0.134. The van der Waals surface area contributed by atoms with Crippen LogP contribution in [0.5, 0.6) is 0 Å². The van der Waals surface area contributed by atoms with Crippen LogP contribution in [0.25, 0.3) is 0 Å². The van der Waals surface area contributed by atoms with Crippen molar-refractivity contribution in [1.82, 2.24) is 15.5 Å². The Bertz CT molecular complexity index is 400. The Morgan fingerprint density at radius 1 is 1.32 bits per heavy atom. The van der Waals surface area contributed by atoms with Crippen LogP contribution in [-0.4, -0.2) is 49.1 Å². The summed E-state index contributed by atoms with van der Waals surface area (Å²) in [6, 6.07) is 1.11. The Kier molecular flexibility index (Phi) is 5.08. The van der Waals surface area contributed by atoms with E-state index in [0.29, 0.717) is 23.9 Å². The van der Waals surface area contributed by atoms with Gasteiger partial charge in [0.1, 0.15) is 0 Å². The summed E-state index contributed by atoms with van der Waals surface area (Å²) in [6.45, 7) is 8.51. The zero-order valence-electron chi connectivity index (χ0n) is 14.4. The van der Waals surface area contributed by atoms with Crippen molar-refractivity contribution in [3.63, 3.8) is 0 Å². The highest BCUT2D eigenvalue weighted by Gasteiger charge is 2.49. The molecule has 0 spiro atoms. The zero-order valence-corrected chi connectivity index (χ0v) is 14.4. The first-order valence-electron chi connectivity index (χ1n) is 9.38. The average molecular weight is 307 g/mol. The molecule has 0 bridgehead atoms. The van der Waals surface area contributed by atoms with Crippen molar-refractivity contribution in [3.05, 3.63) is 0 Å². The third kappa shape index (κ3) is 3.05. The molecule has 3 aliphatic rings. The van der Waals surface area contributed by atoms with Gasteiger partial charge in [-0.15, -0.1) is 0 Å². The Morgan fingerprint density at radius 3 is 2.95 bits per heavy atom. The van der Waals surface area contributed by atoms with Gasteiger partial charge in [-0.05, 0) is 58.5 Å². The first kappa shape index (κ1) is 16.3. The normalized spacial score (nSPS) is 37.5. The van der Waals surface area contributed by atoms with Gasteiger partial charge in [0.25, 0.3) is 0 Å². The number of nitrogens with one attached hydrogen (secondary N) is 2. The standard InChI is InChI=1S/C18H33N3O/c1-14-7-4-6-10-21(14)15(2)11-20-17(22)18-9-5-3-8-16(18)12-19-13-18/h14-16,19H,3-13H2,1-2H3,(H,20,22)/t14?,15?,16-,18+/m0/s1. The first-order chi connectivity index (χ1) is 10.6. The maximum absolute atomic E-state index is 12.9. The van der Waals surface area contributed by atoms with Crippen LogP contribution in [0.1, 0.15) is 58.8 Å². The van der Waals surface area contributed by atoms with Crippen molar-refractivity contribution in [1.29, 1.82) is 0 Å². The molecule has 3 fully saturated rings. The molecule has 2 N–H and O–H groups in total. The predicted octanol–water partition coefficient (Wildman–Crippen LogP) is 2.15. The maximum Gasteiger partial charge on any atom is 0.227 e. The van der Waals surface area contributed by atoms with E-state index in [1.165, 1.54) is 45.1 Å². The minimum Gasteiger partial charge on any atom is -0.354 e. The van der Waals surface area contributed by atoms with E-state index in [1.54, 1.807) is 0 Å². The number of nitrogens with zero attached hydrogens (tertiary/aromatic N) is 1. The molecule has 2 heterocycles. The quantitative estimate of drug-likeness (QED) is 0.836. The maximum atomic E-state index is 12.9. The topological polar surface area (TPSA) is 44.4 Å².